The van der Waals surface area contributed by atoms with E-state index in [4.69, 9.17) is 0 Å². The molecular weight excluding hydrogens is 469 g/mol. The van der Waals surface area contributed by atoms with Crippen molar-refractivity contribution in [2.24, 2.45) is 0 Å². The zero-order chi connectivity index (χ0) is 22.6. The molecular formula is C20H15F3N2O3S3. The molecule has 0 spiro atoms. The molecule has 0 atom stereocenters. The molecule has 2 heterocycles. The molecule has 162 valence electrons. The van der Waals surface area contributed by atoms with Crippen LogP contribution in [0.5, 0.6) is 0 Å². The number of sulfonamides is 1. The fourth-order valence-electron chi connectivity index (χ4n) is 3.36. The summed E-state index contributed by atoms with van der Waals surface area (Å²) in [5.74, 6) is -0.671. The van der Waals surface area contributed by atoms with Crippen LogP contribution in [0.2, 0.25) is 0 Å². The molecule has 0 aliphatic carbocycles. The van der Waals surface area contributed by atoms with E-state index in [1.165, 1.54) is 35.2 Å². The number of amides is 1. The zero-order valence-corrected chi connectivity index (χ0v) is 18.6. The van der Waals surface area contributed by atoms with Gasteiger partial charge in [-0.1, -0.05) is 24.3 Å². The normalized spacial score (nSPS) is 14.7. The summed E-state index contributed by atoms with van der Waals surface area (Å²) in [4.78, 5) is 13.2. The molecule has 0 radical (unpaired) electrons. The zero-order valence-electron chi connectivity index (χ0n) is 16.1. The number of nitrogens with zero attached hydrogens (tertiary/aromatic N) is 1. The number of halogens is 3. The Balaban J connectivity index is 1.85. The summed E-state index contributed by atoms with van der Waals surface area (Å²) in [6.07, 6.45) is -2.84. The highest BCUT2D eigenvalue weighted by atomic mass is 32.2. The average molecular weight is 485 g/mol. The van der Waals surface area contributed by atoms with Gasteiger partial charge in [-0.2, -0.15) is 13.2 Å². The number of hydrogen-bond acceptors (Lipinski definition) is 5. The average Bonchev–Trinajstić information content (AvgIpc) is 3.13. The van der Waals surface area contributed by atoms with Gasteiger partial charge >= 0.3 is 6.18 Å². The van der Waals surface area contributed by atoms with E-state index in [-0.39, 0.29) is 21.0 Å². The Morgan fingerprint density at radius 1 is 1.13 bits per heavy atom. The third kappa shape index (κ3) is 3.60. The van der Waals surface area contributed by atoms with Crippen LogP contribution in [0, 0.1) is 0 Å². The molecule has 5 nitrogen and oxygen atoms in total. The highest BCUT2D eigenvalue weighted by Gasteiger charge is 2.40. The van der Waals surface area contributed by atoms with Gasteiger partial charge in [0.05, 0.1) is 15.5 Å². The quantitative estimate of drug-likeness (QED) is 0.496. The van der Waals surface area contributed by atoms with Crippen molar-refractivity contribution in [2.45, 2.75) is 15.3 Å². The molecule has 2 aromatic carbocycles. The predicted molar refractivity (Wildman–Crippen MR) is 117 cm³/mol. The van der Waals surface area contributed by atoms with Crippen molar-refractivity contribution in [1.29, 1.82) is 0 Å². The first kappa shape index (κ1) is 21.7. The van der Waals surface area contributed by atoms with Gasteiger partial charge in [-0.3, -0.25) is 9.10 Å². The first-order valence-corrected chi connectivity index (χ1v) is 12.3. The number of rotatable bonds is 3. The van der Waals surface area contributed by atoms with Crippen molar-refractivity contribution in [1.82, 2.24) is 0 Å². The lowest BCUT2D eigenvalue weighted by Gasteiger charge is -2.28. The van der Waals surface area contributed by atoms with E-state index in [0.29, 0.717) is 15.5 Å². The number of benzene rings is 2. The number of thioether (sulfide) groups is 1. The Hall–Kier alpha value is -2.50. The van der Waals surface area contributed by atoms with Gasteiger partial charge < -0.3 is 5.32 Å². The van der Waals surface area contributed by atoms with Gasteiger partial charge in [0, 0.05) is 23.9 Å². The summed E-state index contributed by atoms with van der Waals surface area (Å²) >= 11 is 2.20. The third-order valence-electron chi connectivity index (χ3n) is 4.80. The molecule has 0 saturated heterocycles. The second-order valence-electron chi connectivity index (χ2n) is 6.65. The molecule has 31 heavy (non-hydrogen) atoms. The van der Waals surface area contributed by atoms with Gasteiger partial charge in [0.2, 0.25) is 0 Å². The number of hydrogen-bond donors (Lipinski definition) is 1. The van der Waals surface area contributed by atoms with Crippen LogP contribution in [-0.4, -0.2) is 27.6 Å². The largest absolute Gasteiger partial charge is 0.416 e. The molecule has 4 rings (SSSR count). The predicted octanol–water partition coefficient (Wildman–Crippen LogP) is 5.55. The van der Waals surface area contributed by atoms with Crippen LogP contribution in [0.1, 0.15) is 15.2 Å². The first-order chi connectivity index (χ1) is 14.6. The Morgan fingerprint density at radius 3 is 2.52 bits per heavy atom. The summed E-state index contributed by atoms with van der Waals surface area (Å²) in [5, 5.41) is 2.48. The number of alkyl halides is 3. The van der Waals surface area contributed by atoms with E-state index in [2.05, 4.69) is 5.32 Å². The lowest BCUT2D eigenvalue weighted by Crippen LogP contribution is -2.30. The molecule has 0 bridgehead atoms. The minimum atomic E-state index is -4.55. The second kappa shape index (κ2) is 7.57. The van der Waals surface area contributed by atoms with Crippen LogP contribution < -0.4 is 9.62 Å². The number of carbonyl (C=O) groups excluding carboxylic acids is 1. The third-order valence-corrected chi connectivity index (χ3v) is 9.21. The second-order valence-corrected chi connectivity index (χ2v) is 10.7. The van der Waals surface area contributed by atoms with Gasteiger partial charge in [0.25, 0.3) is 15.9 Å². The van der Waals surface area contributed by atoms with Crippen LogP contribution in [-0.2, 0) is 16.2 Å². The van der Waals surface area contributed by atoms with Crippen molar-refractivity contribution in [3.63, 3.8) is 0 Å². The number of nitrogens with one attached hydrogen (secondary N) is 1. The van der Waals surface area contributed by atoms with E-state index < -0.39 is 27.7 Å². The Bertz CT molecular complexity index is 1300. The number of thiophene rings is 1. The van der Waals surface area contributed by atoms with E-state index in [9.17, 15) is 26.4 Å². The standard InChI is InChI=1S/C20H15F3N2O3S3/c1-25-14-9-4-3-8-13(14)15-16(30-19(29-2)17(15)31(25,27)28)18(26)24-12-7-5-6-11(10-12)20(21,22)23/h3-10H,1-2H3,(H,24,26). The van der Waals surface area contributed by atoms with Gasteiger partial charge in [0.1, 0.15) is 9.77 Å². The molecule has 1 amide bonds. The summed E-state index contributed by atoms with van der Waals surface area (Å²) in [6.45, 7) is 0. The molecule has 1 N–H and O–H groups in total. The maximum atomic E-state index is 13.2. The maximum absolute atomic E-state index is 13.2. The molecule has 0 fully saturated rings. The molecule has 1 aromatic heterocycles. The summed E-state index contributed by atoms with van der Waals surface area (Å²) in [7, 11) is -2.45. The molecule has 0 unspecified atom stereocenters. The fourth-order valence-corrected chi connectivity index (χ4v) is 7.51. The Morgan fingerprint density at radius 2 is 1.84 bits per heavy atom. The maximum Gasteiger partial charge on any atom is 0.416 e. The highest BCUT2D eigenvalue weighted by molar-refractivity contribution is 8.01. The lowest BCUT2D eigenvalue weighted by molar-refractivity contribution is -0.137. The monoisotopic (exact) mass is 484 g/mol. The van der Waals surface area contributed by atoms with Gasteiger partial charge in [-0.05, 0) is 30.5 Å². The van der Waals surface area contributed by atoms with Crippen LogP contribution in [0.4, 0.5) is 24.5 Å². The van der Waals surface area contributed by atoms with Crippen molar-refractivity contribution in [3.8, 4) is 11.1 Å². The van der Waals surface area contributed by atoms with Crippen molar-refractivity contribution in [3.05, 3.63) is 59.0 Å². The minimum absolute atomic E-state index is 0.0308. The fraction of sp³-hybridized carbons (Fsp3) is 0.150. The van der Waals surface area contributed by atoms with Crippen molar-refractivity contribution >= 4 is 50.4 Å². The summed E-state index contributed by atoms with van der Waals surface area (Å²) in [5.41, 5.74) is 0.344. The van der Waals surface area contributed by atoms with Crippen LogP contribution in [0.25, 0.3) is 11.1 Å². The van der Waals surface area contributed by atoms with Gasteiger partial charge in [-0.25, -0.2) is 8.42 Å². The minimum Gasteiger partial charge on any atom is -0.321 e. The van der Waals surface area contributed by atoms with Crippen molar-refractivity contribution in [2.75, 3.05) is 22.9 Å². The van der Waals surface area contributed by atoms with Gasteiger partial charge in [-0.15, -0.1) is 23.1 Å². The molecule has 11 heteroatoms. The molecule has 1 aliphatic rings. The number of anilines is 2. The topological polar surface area (TPSA) is 66.5 Å². The van der Waals surface area contributed by atoms with Crippen molar-refractivity contribution < 1.29 is 26.4 Å². The van der Waals surface area contributed by atoms with Gasteiger partial charge in [0.15, 0.2) is 0 Å². The lowest BCUT2D eigenvalue weighted by atomic mass is 10.0. The van der Waals surface area contributed by atoms with Crippen LogP contribution in [0.3, 0.4) is 0 Å². The van der Waals surface area contributed by atoms with E-state index in [0.717, 1.165) is 23.5 Å². The van der Waals surface area contributed by atoms with E-state index in [1.807, 2.05) is 0 Å². The van der Waals surface area contributed by atoms with Crippen LogP contribution >= 0.6 is 23.1 Å². The SMILES string of the molecule is CSc1sc(C(=O)Nc2cccc(C(F)(F)F)c2)c2c1S(=O)(=O)N(C)c1ccccc1-2. The van der Waals surface area contributed by atoms with Crippen LogP contribution in [0.15, 0.2) is 57.6 Å². The van der Waals surface area contributed by atoms with E-state index >= 15 is 0 Å². The number of para-hydroxylation sites is 1. The molecule has 1 aliphatic heterocycles. The number of fused-ring (bicyclic) bond motifs is 3. The highest BCUT2D eigenvalue weighted by Crippen LogP contribution is 2.51. The Labute approximate surface area is 184 Å². The number of carbonyl (C=O) groups is 1. The first-order valence-electron chi connectivity index (χ1n) is 8.83. The Kier molecular flexibility index (Phi) is 5.31. The molecule has 3 aromatic rings. The summed E-state index contributed by atoms with van der Waals surface area (Å²) in [6, 6.07) is 11.1. The van der Waals surface area contributed by atoms with E-state index in [1.54, 1.807) is 30.5 Å². The smallest absolute Gasteiger partial charge is 0.321 e. The molecule has 0 saturated carbocycles. The summed E-state index contributed by atoms with van der Waals surface area (Å²) < 4.78 is 66.9.